The minimum Gasteiger partial charge on any atom is -0.448 e. The van der Waals surface area contributed by atoms with E-state index in [1.165, 1.54) is 23.3 Å². The van der Waals surface area contributed by atoms with Gasteiger partial charge in [-0.15, -0.1) is 0 Å². The highest BCUT2D eigenvalue weighted by Crippen LogP contribution is 2.46. The van der Waals surface area contributed by atoms with Crippen molar-refractivity contribution in [1.82, 2.24) is 14.6 Å². The first-order valence-corrected chi connectivity index (χ1v) is 11.3. The average molecular weight is 435 g/mol. The summed E-state index contributed by atoms with van der Waals surface area (Å²) in [5, 5.41) is 4.58. The summed E-state index contributed by atoms with van der Waals surface area (Å²) in [5.74, 6) is 0.583. The number of nitrogens with zero attached hydrogens (tertiary/aromatic N) is 3. The standard InChI is InChI=1S/C19H19ClN4O4S/c1-12-17(20)18-21-10-14(11-24(18)22-12)29(25,26)23-13-5-6-15-16(9-13)28-19(27-15)7-3-2-4-8-19/h5-6,9-11,23H,2-4,7-8H2,1H3. The first-order chi connectivity index (χ1) is 13.9. The molecule has 29 heavy (non-hydrogen) atoms. The van der Waals surface area contributed by atoms with Crippen molar-refractivity contribution in [2.24, 2.45) is 0 Å². The zero-order chi connectivity index (χ0) is 20.2. The van der Waals surface area contributed by atoms with E-state index in [-0.39, 0.29) is 4.90 Å². The highest BCUT2D eigenvalue weighted by Gasteiger charge is 2.42. The van der Waals surface area contributed by atoms with Crippen molar-refractivity contribution in [3.8, 4) is 11.5 Å². The van der Waals surface area contributed by atoms with Crippen molar-refractivity contribution in [3.63, 3.8) is 0 Å². The molecule has 0 radical (unpaired) electrons. The number of aryl methyl sites for hydroxylation is 1. The topological polar surface area (TPSA) is 94.8 Å². The Morgan fingerprint density at radius 1 is 1.17 bits per heavy atom. The second kappa shape index (κ2) is 6.50. The van der Waals surface area contributed by atoms with Crippen molar-refractivity contribution >= 4 is 33.0 Å². The predicted octanol–water partition coefficient (Wildman–Crippen LogP) is 3.92. The Morgan fingerprint density at radius 3 is 2.72 bits per heavy atom. The lowest BCUT2D eigenvalue weighted by Gasteiger charge is -2.31. The van der Waals surface area contributed by atoms with Gasteiger partial charge in [-0.25, -0.2) is 17.9 Å². The number of rotatable bonds is 3. The predicted molar refractivity (Wildman–Crippen MR) is 107 cm³/mol. The fourth-order valence-corrected chi connectivity index (χ4v) is 4.96. The van der Waals surface area contributed by atoms with Gasteiger partial charge in [0.15, 0.2) is 17.1 Å². The summed E-state index contributed by atoms with van der Waals surface area (Å²) in [6, 6.07) is 5.04. The quantitative estimate of drug-likeness (QED) is 0.671. The molecule has 0 atom stereocenters. The van der Waals surface area contributed by atoms with Gasteiger partial charge in [0.2, 0.25) is 0 Å². The first kappa shape index (κ1) is 18.5. The zero-order valence-electron chi connectivity index (χ0n) is 15.7. The molecule has 3 aromatic rings. The number of halogens is 1. The molecule has 1 aliphatic carbocycles. The molecule has 1 fully saturated rings. The molecule has 1 saturated carbocycles. The van der Waals surface area contributed by atoms with Crippen LogP contribution in [0.25, 0.3) is 5.65 Å². The zero-order valence-corrected chi connectivity index (χ0v) is 17.3. The van der Waals surface area contributed by atoms with Gasteiger partial charge in [0.05, 0.1) is 23.8 Å². The molecule has 1 spiro atoms. The van der Waals surface area contributed by atoms with E-state index in [1.807, 2.05) is 0 Å². The smallest absolute Gasteiger partial charge is 0.264 e. The van der Waals surface area contributed by atoms with Crippen LogP contribution in [0.4, 0.5) is 5.69 Å². The summed E-state index contributed by atoms with van der Waals surface area (Å²) in [6.07, 6.45) is 7.59. The summed E-state index contributed by atoms with van der Waals surface area (Å²) in [6.45, 7) is 1.73. The van der Waals surface area contributed by atoms with Gasteiger partial charge in [-0.2, -0.15) is 5.10 Å². The van der Waals surface area contributed by atoms with E-state index in [9.17, 15) is 8.42 Å². The molecule has 3 heterocycles. The van der Waals surface area contributed by atoms with Crippen LogP contribution in [0.15, 0.2) is 35.5 Å². The third-order valence-electron chi connectivity index (χ3n) is 5.27. The van der Waals surface area contributed by atoms with Gasteiger partial charge in [-0.05, 0) is 31.9 Å². The van der Waals surface area contributed by atoms with E-state index in [2.05, 4.69) is 14.8 Å². The van der Waals surface area contributed by atoms with E-state index < -0.39 is 15.8 Å². The molecule has 5 rings (SSSR count). The average Bonchev–Trinajstić information content (AvgIpc) is 3.18. The van der Waals surface area contributed by atoms with Crippen LogP contribution in [0.3, 0.4) is 0 Å². The minimum absolute atomic E-state index is 0.0226. The van der Waals surface area contributed by atoms with Crippen molar-refractivity contribution in [3.05, 3.63) is 41.3 Å². The number of fused-ring (bicyclic) bond motifs is 2. The summed E-state index contributed by atoms with van der Waals surface area (Å²) in [5.41, 5.74) is 1.37. The molecule has 0 amide bonds. The molecule has 0 unspecified atom stereocenters. The van der Waals surface area contributed by atoms with Crippen LogP contribution in [0, 0.1) is 6.92 Å². The monoisotopic (exact) mass is 434 g/mol. The normalized spacial score (nSPS) is 17.7. The third-order valence-corrected chi connectivity index (χ3v) is 7.04. The van der Waals surface area contributed by atoms with Gasteiger partial charge >= 0.3 is 0 Å². The molecule has 1 aliphatic heterocycles. The van der Waals surface area contributed by atoms with Crippen LogP contribution in [0.5, 0.6) is 11.5 Å². The van der Waals surface area contributed by atoms with Crippen LogP contribution in [-0.2, 0) is 10.0 Å². The van der Waals surface area contributed by atoms with Crippen molar-refractivity contribution < 1.29 is 17.9 Å². The molecular formula is C19H19ClN4O4S. The van der Waals surface area contributed by atoms with Crippen LogP contribution in [-0.4, -0.2) is 28.8 Å². The molecule has 2 aromatic heterocycles. The Balaban J connectivity index is 1.41. The summed E-state index contributed by atoms with van der Waals surface area (Å²) < 4.78 is 41.7. The first-order valence-electron chi connectivity index (χ1n) is 9.41. The third kappa shape index (κ3) is 3.18. The van der Waals surface area contributed by atoms with E-state index in [0.717, 1.165) is 25.7 Å². The van der Waals surface area contributed by atoms with Crippen molar-refractivity contribution in [2.45, 2.75) is 49.7 Å². The molecule has 10 heteroatoms. The molecule has 8 nitrogen and oxygen atoms in total. The highest BCUT2D eigenvalue weighted by atomic mass is 35.5. The second-order valence-corrected chi connectivity index (χ2v) is 9.46. The van der Waals surface area contributed by atoms with Gasteiger partial charge in [-0.1, -0.05) is 18.0 Å². The lowest BCUT2D eigenvalue weighted by molar-refractivity contribution is -0.105. The molecule has 1 aromatic carbocycles. The number of nitrogens with one attached hydrogen (secondary N) is 1. The molecule has 1 N–H and O–H groups in total. The molecule has 0 saturated heterocycles. The van der Waals surface area contributed by atoms with Crippen molar-refractivity contribution in [2.75, 3.05) is 4.72 Å². The highest BCUT2D eigenvalue weighted by molar-refractivity contribution is 7.92. The maximum Gasteiger partial charge on any atom is 0.264 e. The van der Waals surface area contributed by atoms with Gasteiger partial charge in [0, 0.05) is 18.9 Å². The minimum atomic E-state index is -3.87. The van der Waals surface area contributed by atoms with Crippen LogP contribution in [0.1, 0.15) is 37.8 Å². The van der Waals surface area contributed by atoms with Gasteiger partial charge < -0.3 is 9.47 Å². The van der Waals surface area contributed by atoms with Crippen LogP contribution < -0.4 is 14.2 Å². The lowest BCUT2D eigenvalue weighted by Crippen LogP contribution is -2.40. The number of hydrogen-bond donors (Lipinski definition) is 1. The maximum absolute atomic E-state index is 12.8. The maximum atomic E-state index is 12.8. The van der Waals surface area contributed by atoms with Crippen LogP contribution >= 0.6 is 11.6 Å². The van der Waals surface area contributed by atoms with E-state index >= 15 is 0 Å². The van der Waals surface area contributed by atoms with Crippen LogP contribution in [0.2, 0.25) is 5.02 Å². The Hall–Kier alpha value is -2.52. The fraction of sp³-hybridized carbons (Fsp3) is 0.368. The van der Waals surface area contributed by atoms with E-state index in [1.54, 1.807) is 25.1 Å². The van der Waals surface area contributed by atoms with Gasteiger partial charge in [0.1, 0.15) is 9.92 Å². The molecule has 0 bridgehead atoms. The van der Waals surface area contributed by atoms with Gasteiger partial charge in [-0.3, -0.25) is 4.72 Å². The lowest BCUT2D eigenvalue weighted by atomic mass is 9.94. The summed E-state index contributed by atoms with van der Waals surface area (Å²) >= 11 is 6.12. The Labute approximate surface area is 172 Å². The Bertz CT molecular complexity index is 1220. The number of anilines is 1. The SMILES string of the molecule is Cc1nn2cc(S(=O)(=O)Nc3ccc4c(c3)OC3(CCCCC3)O4)cnc2c1Cl. The number of hydrogen-bond acceptors (Lipinski definition) is 6. The number of benzene rings is 1. The molecular weight excluding hydrogens is 416 g/mol. The summed E-state index contributed by atoms with van der Waals surface area (Å²) in [7, 11) is -3.87. The Morgan fingerprint density at radius 2 is 1.93 bits per heavy atom. The number of sulfonamides is 1. The fourth-order valence-electron chi connectivity index (χ4n) is 3.80. The molecule has 2 aliphatic rings. The number of ether oxygens (including phenoxy) is 2. The van der Waals surface area contributed by atoms with Crippen molar-refractivity contribution in [1.29, 1.82) is 0 Å². The number of aromatic nitrogens is 3. The second-order valence-electron chi connectivity index (χ2n) is 7.40. The molecule has 152 valence electrons. The van der Waals surface area contributed by atoms with E-state index in [0.29, 0.717) is 33.6 Å². The van der Waals surface area contributed by atoms with Gasteiger partial charge in [0.25, 0.3) is 15.8 Å². The summed E-state index contributed by atoms with van der Waals surface area (Å²) in [4.78, 5) is 4.11. The van der Waals surface area contributed by atoms with E-state index in [4.69, 9.17) is 21.1 Å². The Kier molecular flexibility index (Phi) is 4.15. The largest absolute Gasteiger partial charge is 0.448 e.